The van der Waals surface area contributed by atoms with Crippen LogP contribution in [0.4, 0.5) is 0 Å². The summed E-state index contributed by atoms with van der Waals surface area (Å²) in [6.45, 7) is 1.46. The van der Waals surface area contributed by atoms with Crippen LogP contribution in [0, 0.1) is 0 Å². The van der Waals surface area contributed by atoms with Gasteiger partial charge in [0.05, 0.1) is 15.7 Å². The second-order valence-corrected chi connectivity index (χ2v) is 9.37. The fourth-order valence-electron chi connectivity index (χ4n) is 1.68. The van der Waals surface area contributed by atoms with Crippen LogP contribution in [-0.2, 0) is 19.9 Å². The molecule has 0 aliphatic heterocycles. The summed E-state index contributed by atoms with van der Waals surface area (Å²) in [5.74, 6) is -0.301. The van der Waals surface area contributed by atoms with Crippen LogP contribution in [0.5, 0.6) is 0 Å². The van der Waals surface area contributed by atoms with Gasteiger partial charge in [-0.2, -0.15) is 0 Å². The lowest BCUT2D eigenvalue weighted by molar-refractivity contribution is 0.564. The van der Waals surface area contributed by atoms with Gasteiger partial charge in [-0.3, -0.25) is 0 Å². The summed E-state index contributed by atoms with van der Waals surface area (Å²) in [7, 11) is -7.17. The van der Waals surface area contributed by atoms with Crippen LogP contribution in [0.1, 0.15) is 12.5 Å². The molecule has 21 heavy (non-hydrogen) atoms. The Labute approximate surface area is 134 Å². The van der Waals surface area contributed by atoms with E-state index in [1.165, 1.54) is 25.1 Å². The highest BCUT2D eigenvalue weighted by molar-refractivity contribution is 7.91. The van der Waals surface area contributed by atoms with Crippen molar-refractivity contribution in [2.75, 3.05) is 12.0 Å². The lowest BCUT2D eigenvalue weighted by Crippen LogP contribution is -2.37. The van der Waals surface area contributed by atoms with Gasteiger partial charge in [-0.15, -0.1) is 0 Å². The third-order valence-electron chi connectivity index (χ3n) is 2.43. The highest BCUT2D eigenvalue weighted by Gasteiger charge is 2.21. The van der Waals surface area contributed by atoms with Gasteiger partial charge in [0.2, 0.25) is 10.0 Å². The van der Waals surface area contributed by atoms with E-state index in [-0.39, 0.29) is 20.7 Å². The number of halogens is 1. The minimum atomic E-state index is -3.88. The van der Waals surface area contributed by atoms with Crippen molar-refractivity contribution in [3.8, 4) is 0 Å². The Kier molecular flexibility index (Phi) is 5.73. The smallest absolute Gasteiger partial charge is 0.240 e. The molecule has 0 spiro atoms. The largest absolute Gasteiger partial charge is 0.389 e. The zero-order valence-electron chi connectivity index (χ0n) is 11.3. The molecule has 1 atom stereocenters. The third-order valence-corrected chi connectivity index (χ3v) is 5.65. The molecule has 1 aromatic carbocycles. The second kappa shape index (κ2) is 6.57. The molecule has 1 aromatic rings. The Morgan fingerprint density at radius 3 is 2.38 bits per heavy atom. The fourth-order valence-corrected chi connectivity index (χ4v) is 4.63. The summed E-state index contributed by atoms with van der Waals surface area (Å²) in [4.78, 5) is -0.0322. The molecule has 3 N–H and O–H groups in total. The van der Waals surface area contributed by atoms with Gasteiger partial charge in [0.25, 0.3) is 0 Å². The van der Waals surface area contributed by atoms with E-state index in [0.717, 1.165) is 6.26 Å². The highest BCUT2D eigenvalue weighted by atomic mass is 35.5. The van der Waals surface area contributed by atoms with Gasteiger partial charge < -0.3 is 5.73 Å². The first-order valence-electron chi connectivity index (χ1n) is 5.72. The van der Waals surface area contributed by atoms with Crippen LogP contribution in [0.3, 0.4) is 0 Å². The second-order valence-electron chi connectivity index (χ2n) is 4.62. The van der Waals surface area contributed by atoms with Crippen LogP contribution >= 0.6 is 23.8 Å². The Balaban J connectivity index is 3.04. The Bertz CT molecular complexity index is 760. The maximum absolute atomic E-state index is 12.1. The van der Waals surface area contributed by atoms with Crippen LogP contribution in [-0.4, -0.2) is 39.9 Å². The fraction of sp³-hybridized carbons (Fsp3) is 0.364. The third kappa shape index (κ3) is 5.51. The first kappa shape index (κ1) is 18.3. The predicted octanol–water partition coefficient (Wildman–Crippen LogP) is 0.686. The summed E-state index contributed by atoms with van der Waals surface area (Å²) in [5, 5.41) is 0.112. The van der Waals surface area contributed by atoms with E-state index in [9.17, 15) is 16.8 Å². The van der Waals surface area contributed by atoms with Gasteiger partial charge in [-0.05, 0) is 25.1 Å². The van der Waals surface area contributed by atoms with Gasteiger partial charge in [0, 0.05) is 17.9 Å². The molecule has 0 fully saturated rings. The summed E-state index contributed by atoms with van der Waals surface area (Å²) in [6, 6.07) is 3.15. The number of sulfonamides is 1. The minimum absolute atomic E-state index is 0.0577. The molecule has 0 bridgehead atoms. The van der Waals surface area contributed by atoms with E-state index in [0.29, 0.717) is 5.56 Å². The summed E-state index contributed by atoms with van der Waals surface area (Å²) < 4.78 is 48.8. The van der Waals surface area contributed by atoms with Gasteiger partial charge in [-0.1, -0.05) is 23.8 Å². The number of nitrogens with two attached hydrogens (primary N) is 1. The summed E-state index contributed by atoms with van der Waals surface area (Å²) in [5.41, 5.74) is 5.81. The lowest BCUT2D eigenvalue weighted by atomic mass is 10.2. The van der Waals surface area contributed by atoms with E-state index >= 15 is 0 Å². The van der Waals surface area contributed by atoms with Gasteiger partial charge in [0.1, 0.15) is 14.8 Å². The van der Waals surface area contributed by atoms with E-state index in [1.807, 2.05) is 0 Å². The number of hydrogen-bond donors (Lipinski definition) is 2. The number of nitrogens with one attached hydrogen (secondary N) is 1. The first-order valence-corrected chi connectivity index (χ1v) is 10.0. The first-order chi connectivity index (χ1) is 9.42. The quantitative estimate of drug-likeness (QED) is 0.713. The number of hydrogen-bond acceptors (Lipinski definition) is 5. The molecule has 10 heteroatoms. The lowest BCUT2D eigenvalue weighted by Gasteiger charge is -2.14. The molecule has 0 aromatic heterocycles. The van der Waals surface area contributed by atoms with Crippen LogP contribution in [0.15, 0.2) is 23.1 Å². The highest BCUT2D eigenvalue weighted by Crippen LogP contribution is 2.21. The summed E-state index contributed by atoms with van der Waals surface area (Å²) >= 11 is 10.7. The van der Waals surface area contributed by atoms with E-state index in [2.05, 4.69) is 4.72 Å². The van der Waals surface area contributed by atoms with Crippen LogP contribution in [0.25, 0.3) is 0 Å². The van der Waals surface area contributed by atoms with E-state index in [1.54, 1.807) is 0 Å². The number of sulfone groups is 1. The monoisotopic (exact) mass is 370 g/mol. The number of thiocarbonyl (C=S) groups is 1. The van der Waals surface area contributed by atoms with Crippen molar-refractivity contribution in [2.24, 2.45) is 5.73 Å². The molecule has 0 heterocycles. The zero-order chi connectivity index (χ0) is 16.4. The van der Waals surface area contributed by atoms with Crippen molar-refractivity contribution in [3.63, 3.8) is 0 Å². The molecule has 0 amide bonds. The topological polar surface area (TPSA) is 106 Å². The maximum Gasteiger partial charge on any atom is 0.240 e. The van der Waals surface area contributed by atoms with Gasteiger partial charge in [-0.25, -0.2) is 21.6 Å². The van der Waals surface area contributed by atoms with Crippen molar-refractivity contribution < 1.29 is 16.8 Å². The minimum Gasteiger partial charge on any atom is -0.389 e. The van der Waals surface area contributed by atoms with Crippen molar-refractivity contribution in [1.82, 2.24) is 4.72 Å². The van der Waals surface area contributed by atoms with E-state index < -0.39 is 25.9 Å². The summed E-state index contributed by atoms with van der Waals surface area (Å²) in [6.07, 6.45) is 1.03. The normalized spacial score (nSPS) is 13.9. The Morgan fingerprint density at radius 1 is 1.38 bits per heavy atom. The van der Waals surface area contributed by atoms with Gasteiger partial charge >= 0.3 is 0 Å². The molecule has 0 saturated carbocycles. The predicted molar refractivity (Wildman–Crippen MR) is 86.8 cm³/mol. The van der Waals surface area contributed by atoms with Crippen molar-refractivity contribution in [3.05, 3.63) is 28.8 Å². The van der Waals surface area contributed by atoms with E-state index in [4.69, 9.17) is 29.6 Å². The molecule has 0 radical (unpaired) electrons. The molecular formula is C11H15ClN2O4S3. The zero-order valence-corrected chi connectivity index (χ0v) is 14.5. The molecule has 0 aliphatic carbocycles. The average Bonchev–Trinajstić information content (AvgIpc) is 2.24. The maximum atomic E-state index is 12.1. The van der Waals surface area contributed by atoms with Crippen molar-refractivity contribution in [1.29, 1.82) is 0 Å². The molecule has 0 saturated heterocycles. The van der Waals surface area contributed by atoms with Gasteiger partial charge in [0.15, 0.2) is 0 Å². The average molecular weight is 371 g/mol. The Hall–Kier alpha value is -0.740. The molecule has 6 nitrogen and oxygen atoms in total. The molecule has 118 valence electrons. The molecule has 1 rings (SSSR count). The van der Waals surface area contributed by atoms with Crippen molar-refractivity contribution in [2.45, 2.75) is 17.9 Å². The molecule has 1 unspecified atom stereocenters. The Morgan fingerprint density at radius 2 is 1.95 bits per heavy atom. The number of rotatable bonds is 6. The number of benzene rings is 1. The van der Waals surface area contributed by atoms with Crippen LogP contribution < -0.4 is 10.5 Å². The SMILES string of the molecule is CC(CS(C)(=O)=O)NS(=O)(=O)c1ccc(C(N)=S)c(Cl)c1. The molecule has 0 aliphatic rings. The van der Waals surface area contributed by atoms with Crippen molar-refractivity contribution >= 4 is 48.7 Å². The standard InChI is InChI=1S/C11H15ClN2O4S3/c1-7(6-20(2,15)16)14-21(17,18)8-3-4-9(11(13)19)10(12)5-8/h3-5,7,14H,6H2,1-2H3,(H2,13,19). The molecular weight excluding hydrogens is 356 g/mol. The van der Waals surface area contributed by atoms with Crippen LogP contribution in [0.2, 0.25) is 5.02 Å².